The molecule has 0 bridgehead atoms. The lowest BCUT2D eigenvalue weighted by molar-refractivity contribution is -0.365. The Balaban J connectivity index is 2.96. The van der Waals surface area contributed by atoms with Crippen LogP contribution >= 0.6 is 0 Å². The van der Waals surface area contributed by atoms with Crippen molar-refractivity contribution in [2.24, 2.45) is 5.73 Å². The SMILES string of the molecule is NC(=O)[C@]1(O)O[C@H](O)[C@H](O)[C@@H](O)[C@@H]1O. The van der Waals surface area contributed by atoms with Crippen LogP contribution in [0.2, 0.25) is 0 Å². The van der Waals surface area contributed by atoms with Gasteiger partial charge in [-0.15, -0.1) is 0 Å². The zero-order valence-corrected chi connectivity index (χ0v) is 6.94. The van der Waals surface area contributed by atoms with E-state index in [2.05, 4.69) is 10.5 Å². The Morgan fingerprint density at radius 1 is 1.21 bits per heavy atom. The number of hydrogen-bond acceptors (Lipinski definition) is 7. The summed E-state index contributed by atoms with van der Waals surface area (Å²) < 4.78 is 4.21. The van der Waals surface area contributed by atoms with E-state index in [0.29, 0.717) is 0 Å². The molecule has 1 aliphatic rings. The Morgan fingerprint density at radius 3 is 2.14 bits per heavy atom. The molecule has 1 fully saturated rings. The first kappa shape index (κ1) is 11.3. The molecule has 82 valence electrons. The van der Waals surface area contributed by atoms with Crippen LogP contribution in [0, 0.1) is 0 Å². The lowest BCUT2D eigenvalue weighted by atomic mass is 9.95. The zero-order valence-electron chi connectivity index (χ0n) is 6.94. The van der Waals surface area contributed by atoms with E-state index in [1.54, 1.807) is 0 Å². The average molecular weight is 209 g/mol. The maximum atomic E-state index is 10.7. The second kappa shape index (κ2) is 3.42. The van der Waals surface area contributed by atoms with Gasteiger partial charge in [-0.25, -0.2) is 0 Å². The van der Waals surface area contributed by atoms with E-state index in [9.17, 15) is 9.90 Å². The van der Waals surface area contributed by atoms with Gasteiger partial charge in [-0.1, -0.05) is 0 Å². The van der Waals surface area contributed by atoms with Crippen LogP contribution in [0.4, 0.5) is 0 Å². The van der Waals surface area contributed by atoms with Crippen LogP contribution in [0.5, 0.6) is 0 Å². The van der Waals surface area contributed by atoms with Crippen LogP contribution < -0.4 is 5.73 Å². The first-order valence-corrected chi connectivity index (χ1v) is 3.73. The van der Waals surface area contributed by atoms with Crippen LogP contribution in [0.15, 0.2) is 0 Å². The van der Waals surface area contributed by atoms with Gasteiger partial charge < -0.3 is 36.0 Å². The number of carbonyl (C=O) groups excluding carboxylic acids is 1. The molecule has 0 aromatic carbocycles. The molecule has 14 heavy (non-hydrogen) atoms. The van der Waals surface area contributed by atoms with E-state index in [0.717, 1.165) is 0 Å². The van der Waals surface area contributed by atoms with Gasteiger partial charge in [-0.05, 0) is 0 Å². The van der Waals surface area contributed by atoms with Crippen LogP contribution in [-0.2, 0) is 9.53 Å². The van der Waals surface area contributed by atoms with Gasteiger partial charge in [0, 0.05) is 0 Å². The molecule has 1 amide bonds. The summed E-state index contributed by atoms with van der Waals surface area (Å²) in [7, 11) is 0. The summed E-state index contributed by atoms with van der Waals surface area (Å²) in [6.07, 6.45) is -7.90. The van der Waals surface area contributed by atoms with Crippen molar-refractivity contribution in [1.29, 1.82) is 0 Å². The Bertz CT molecular complexity index is 246. The molecule has 0 aromatic rings. The third kappa shape index (κ3) is 1.47. The molecule has 8 heteroatoms. The highest BCUT2D eigenvalue weighted by atomic mass is 16.7. The summed E-state index contributed by atoms with van der Waals surface area (Å²) >= 11 is 0. The monoisotopic (exact) mass is 209 g/mol. The lowest BCUT2D eigenvalue weighted by Gasteiger charge is -2.41. The third-order valence-corrected chi connectivity index (χ3v) is 2.02. The summed E-state index contributed by atoms with van der Waals surface area (Å²) in [6, 6.07) is 0. The van der Waals surface area contributed by atoms with Crippen molar-refractivity contribution in [1.82, 2.24) is 0 Å². The number of carbonyl (C=O) groups is 1. The van der Waals surface area contributed by atoms with Crippen molar-refractivity contribution in [3.63, 3.8) is 0 Å². The number of primary amides is 1. The second-order valence-corrected chi connectivity index (χ2v) is 3.00. The summed E-state index contributed by atoms with van der Waals surface area (Å²) in [5, 5.41) is 45.5. The first-order chi connectivity index (χ1) is 6.30. The number of rotatable bonds is 1. The molecule has 0 unspecified atom stereocenters. The van der Waals surface area contributed by atoms with Gasteiger partial charge in [-0.3, -0.25) is 4.79 Å². The highest BCUT2D eigenvalue weighted by Crippen LogP contribution is 2.26. The minimum absolute atomic E-state index is 1.48. The zero-order chi connectivity index (χ0) is 11.1. The van der Waals surface area contributed by atoms with Crippen LogP contribution in [0.1, 0.15) is 0 Å². The first-order valence-electron chi connectivity index (χ1n) is 3.73. The Kier molecular flexibility index (Phi) is 2.76. The average Bonchev–Trinajstić information content (AvgIpc) is 2.11. The number of ether oxygens (including phenoxy) is 1. The van der Waals surface area contributed by atoms with Gasteiger partial charge >= 0.3 is 0 Å². The quantitative estimate of drug-likeness (QED) is 0.255. The fraction of sp³-hybridized carbons (Fsp3) is 0.833. The Morgan fingerprint density at radius 2 is 1.71 bits per heavy atom. The Hall–Kier alpha value is -0.770. The largest absolute Gasteiger partial charge is 0.387 e. The minimum atomic E-state index is -2.90. The van der Waals surface area contributed by atoms with Gasteiger partial charge in [0.15, 0.2) is 6.29 Å². The van der Waals surface area contributed by atoms with Crippen molar-refractivity contribution in [3.8, 4) is 0 Å². The number of hydrogen-bond donors (Lipinski definition) is 6. The molecule has 0 aromatic heterocycles. The standard InChI is InChI=1S/C6H11NO7/c7-5(12)6(13)3(10)1(8)2(9)4(11)14-6/h1-4,8-11,13H,(H2,7,12)/t1-,2-,3+,4+,6-/m1/s1. The summed E-state index contributed by atoms with van der Waals surface area (Å²) in [6.45, 7) is 0. The predicted molar refractivity (Wildman–Crippen MR) is 39.3 cm³/mol. The van der Waals surface area contributed by atoms with Crippen molar-refractivity contribution < 1.29 is 35.1 Å². The number of amides is 1. The topological polar surface area (TPSA) is 153 Å². The van der Waals surface area contributed by atoms with Crippen LogP contribution in [-0.4, -0.2) is 61.8 Å². The molecule has 1 aliphatic heterocycles. The van der Waals surface area contributed by atoms with Gasteiger partial charge in [0.05, 0.1) is 0 Å². The molecule has 1 heterocycles. The van der Waals surface area contributed by atoms with Crippen LogP contribution in [0.3, 0.4) is 0 Å². The van der Waals surface area contributed by atoms with E-state index in [1.165, 1.54) is 0 Å². The lowest BCUT2D eigenvalue weighted by Crippen LogP contribution is -2.68. The fourth-order valence-corrected chi connectivity index (χ4v) is 1.11. The van der Waals surface area contributed by atoms with Crippen molar-refractivity contribution in [3.05, 3.63) is 0 Å². The minimum Gasteiger partial charge on any atom is -0.387 e. The number of nitrogens with two attached hydrogens (primary N) is 1. The highest BCUT2D eigenvalue weighted by Gasteiger charge is 2.56. The second-order valence-electron chi connectivity index (χ2n) is 3.00. The van der Waals surface area contributed by atoms with Crippen molar-refractivity contribution >= 4 is 5.91 Å². The molecule has 0 radical (unpaired) electrons. The summed E-state index contributed by atoms with van der Waals surface area (Å²) in [5.74, 6) is -4.38. The molecule has 8 nitrogen and oxygen atoms in total. The number of aliphatic hydroxyl groups excluding tert-OH is 4. The van der Waals surface area contributed by atoms with E-state index in [1.807, 2.05) is 0 Å². The molecular weight excluding hydrogens is 198 g/mol. The van der Waals surface area contributed by atoms with Gasteiger partial charge in [0.1, 0.15) is 18.3 Å². The van der Waals surface area contributed by atoms with Gasteiger partial charge in [0.25, 0.3) is 11.7 Å². The maximum Gasteiger partial charge on any atom is 0.280 e. The van der Waals surface area contributed by atoms with E-state index in [-0.39, 0.29) is 0 Å². The summed E-state index contributed by atoms with van der Waals surface area (Å²) in [5.41, 5.74) is 4.68. The van der Waals surface area contributed by atoms with Gasteiger partial charge in [-0.2, -0.15) is 0 Å². The normalized spacial score (nSPS) is 48.9. The molecule has 0 spiro atoms. The van der Waals surface area contributed by atoms with Gasteiger partial charge in [0.2, 0.25) is 0 Å². The molecular formula is C6H11NO7. The van der Waals surface area contributed by atoms with Crippen molar-refractivity contribution in [2.75, 3.05) is 0 Å². The van der Waals surface area contributed by atoms with E-state index >= 15 is 0 Å². The Labute approximate surface area is 78.1 Å². The maximum absolute atomic E-state index is 10.7. The molecule has 0 aliphatic carbocycles. The molecule has 7 N–H and O–H groups in total. The fourth-order valence-electron chi connectivity index (χ4n) is 1.11. The number of aliphatic hydroxyl groups is 5. The van der Waals surface area contributed by atoms with E-state index in [4.69, 9.17) is 20.4 Å². The molecule has 5 atom stereocenters. The van der Waals surface area contributed by atoms with Crippen LogP contribution in [0.25, 0.3) is 0 Å². The molecule has 1 saturated heterocycles. The van der Waals surface area contributed by atoms with E-state index < -0.39 is 36.3 Å². The predicted octanol–water partition coefficient (Wildman–Crippen LogP) is -4.41. The summed E-state index contributed by atoms with van der Waals surface area (Å²) in [4.78, 5) is 10.7. The smallest absolute Gasteiger partial charge is 0.280 e. The highest BCUT2D eigenvalue weighted by molar-refractivity contribution is 5.82. The molecule has 1 rings (SSSR count). The van der Waals surface area contributed by atoms with Crippen molar-refractivity contribution in [2.45, 2.75) is 30.4 Å². The third-order valence-electron chi connectivity index (χ3n) is 2.02. The molecule has 0 saturated carbocycles.